The summed E-state index contributed by atoms with van der Waals surface area (Å²) in [5, 5.41) is 6.64. The number of para-hydroxylation sites is 2. The molecule has 1 heterocycles. The lowest BCUT2D eigenvalue weighted by Gasteiger charge is -2.14. The standard InChI is InChI=1S/C20H25N5O.HI/c1-14-8-9-15(18(12-14)26-3)13-23-20(21-2)22-11-10-19-24-16-6-4-5-7-17(16)25-19;/h4-9,12H,10-11,13H2,1-3H3,(H,24,25)(H2,21,22,23);1H. The van der Waals surface area contributed by atoms with Crippen LogP contribution in [-0.4, -0.2) is 36.6 Å². The van der Waals surface area contributed by atoms with Crippen molar-refractivity contribution in [2.45, 2.75) is 19.9 Å². The third-order valence-corrected chi connectivity index (χ3v) is 4.21. The summed E-state index contributed by atoms with van der Waals surface area (Å²) >= 11 is 0. The molecule has 3 aromatic rings. The number of H-pyrrole nitrogens is 1. The van der Waals surface area contributed by atoms with Gasteiger partial charge in [-0.3, -0.25) is 4.99 Å². The van der Waals surface area contributed by atoms with E-state index in [4.69, 9.17) is 4.74 Å². The van der Waals surface area contributed by atoms with E-state index in [0.29, 0.717) is 6.54 Å². The zero-order valence-electron chi connectivity index (χ0n) is 15.9. The second-order valence-electron chi connectivity index (χ2n) is 6.12. The second-order valence-corrected chi connectivity index (χ2v) is 6.12. The van der Waals surface area contributed by atoms with Crippen molar-refractivity contribution in [3.63, 3.8) is 0 Å². The Balaban J connectivity index is 0.00000261. The molecule has 0 fully saturated rings. The van der Waals surface area contributed by atoms with Crippen molar-refractivity contribution in [3.05, 3.63) is 59.4 Å². The number of nitrogens with zero attached hydrogens (tertiary/aromatic N) is 2. The van der Waals surface area contributed by atoms with E-state index in [-0.39, 0.29) is 24.0 Å². The van der Waals surface area contributed by atoms with Crippen molar-refractivity contribution in [2.75, 3.05) is 20.7 Å². The van der Waals surface area contributed by atoms with Crippen molar-refractivity contribution >= 4 is 41.0 Å². The van der Waals surface area contributed by atoms with Gasteiger partial charge in [0.1, 0.15) is 11.6 Å². The number of guanidine groups is 1. The number of aliphatic imine (C=N–C) groups is 1. The molecule has 3 rings (SSSR count). The van der Waals surface area contributed by atoms with E-state index in [1.165, 1.54) is 5.56 Å². The van der Waals surface area contributed by atoms with E-state index in [2.05, 4.69) is 44.7 Å². The normalized spacial score (nSPS) is 11.1. The maximum absolute atomic E-state index is 5.45. The van der Waals surface area contributed by atoms with Gasteiger partial charge >= 0.3 is 0 Å². The van der Waals surface area contributed by atoms with Crippen LogP contribution in [0.4, 0.5) is 0 Å². The van der Waals surface area contributed by atoms with Gasteiger partial charge in [-0.1, -0.05) is 24.3 Å². The predicted molar refractivity (Wildman–Crippen MR) is 121 cm³/mol. The molecular formula is C20H26IN5O. The molecule has 3 N–H and O–H groups in total. The minimum atomic E-state index is 0. The average Bonchev–Trinajstić information content (AvgIpc) is 3.08. The lowest BCUT2D eigenvalue weighted by molar-refractivity contribution is 0.408. The Morgan fingerprint density at radius 1 is 1.19 bits per heavy atom. The first-order chi connectivity index (χ1) is 12.7. The Hall–Kier alpha value is -2.29. The highest BCUT2D eigenvalue weighted by Gasteiger charge is 2.06. The number of benzene rings is 2. The lowest BCUT2D eigenvalue weighted by atomic mass is 10.1. The van der Waals surface area contributed by atoms with E-state index in [1.54, 1.807) is 14.2 Å². The van der Waals surface area contributed by atoms with Crippen LogP contribution in [0.15, 0.2) is 47.5 Å². The fraction of sp³-hybridized carbons (Fsp3) is 0.300. The summed E-state index contributed by atoms with van der Waals surface area (Å²) in [5.74, 6) is 2.60. The number of nitrogens with one attached hydrogen (secondary N) is 3. The van der Waals surface area contributed by atoms with E-state index < -0.39 is 0 Å². The molecule has 0 spiro atoms. The Bertz CT molecular complexity index is 873. The fourth-order valence-electron chi connectivity index (χ4n) is 2.82. The van der Waals surface area contributed by atoms with Crippen LogP contribution in [0.5, 0.6) is 5.75 Å². The molecule has 0 amide bonds. The number of aromatic nitrogens is 2. The fourth-order valence-corrected chi connectivity index (χ4v) is 2.82. The zero-order chi connectivity index (χ0) is 18.4. The van der Waals surface area contributed by atoms with Crippen LogP contribution >= 0.6 is 24.0 Å². The Labute approximate surface area is 176 Å². The molecule has 7 heteroatoms. The van der Waals surface area contributed by atoms with Gasteiger partial charge in [-0.05, 0) is 30.7 Å². The van der Waals surface area contributed by atoms with Gasteiger partial charge in [0, 0.05) is 32.1 Å². The molecule has 0 atom stereocenters. The summed E-state index contributed by atoms with van der Waals surface area (Å²) < 4.78 is 5.45. The van der Waals surface area contributed by atoms with Crippen molar-refractivity contribution < 1.29 is 4.74 Å². The Morgan fingerprint density at radius 2 is 2.00 bits per heavy atom. The lowest BCUT2D eigenvalue weighted by Crippen LogP contribution is -2.38. The van der Waals surface area contributed by atoms with E-state index in [1.807, 2.05) is 30.3 Å². The number of imidazole rings is 1. The number of fused-ring (bicyclic) bond motifs is 1. The number of halogens is 1. The van der Waals surface area contributed by atoms with E-state index in [9.17, 15) is 0 Å². The molecule has 0 unspecified atom stereocenters. The SMILES string of the molecule is CN=C(NCCc1nc2ccccc2[nH]1)NCc1ccc(C)cc1OC.I. The smallest absolute Gasteiger partial charge is 0.191 e. The number of hydrogen-bond donors (Lipinski definition) is 3. The van der Waals surface area contributed by atoms with Gasteiger partial charge < -0.3 is 20.4 Å². The zero-order valence-corrected chi connectivity index (χ0v) is 18.2. The van der Waals surface area contributed by atoms with Crippen LogP contribution in [0.3, 0.4) is 0 Å². The molecule has 144 valence electrons. The van der Waals surface area contributed by atoms with Gasteiger partial charge in [-0.2, -0.15) is 0 Å². The molecule has 0 saturated carbocycles. The largest absolute Gasteiger partial charge is 0.496 e. The third-order valence-electron chi connectivity index (χ3n) is 4.21. The molecule has 2 aromatic carbocycles. The molecule has 0 aliphatic heterocycles. The van der Waals surface area contributed by atoms with Gasteiger partial charge in [0.25, 0.3) is 0 Å². The summed E-state index contributed by atoms with van der Waals surface area (Å²) in [6.07, 6.45) is 0.795. The Kier molecular flexibility index (Phi) is 7.90. The Morgan fingerprint density at radius 3 is 2.74 bits per heavy atom. The molecule has 0 bridgehead atoms. The molecule has 0 aliphatic rings. The van der Waals surface area contributed by atoms with Crippen molar-refractivity contribution in [1.29, 1.82) is 0 Å². The summed E-state index contributed by atoms with van der Waals surface area (Å²) in [4.78, 5) is 12.2. The van der Waals surface area contributed by atoms with Gasteiger partial charge in [0.05, 0.1) is 18.1 Å². The maximum atomic E-state index is 5.45. The van der Waals surface area contributed by atoms with Crippen LogP contribution < -0.4 is 15.4 Å². The molecule has 0 saturated heterocycles. The average molecular weight is 479 g/mol. The van der Waals surface area contributed by atoms with Crippen molar-refractivity contribution in [1.82, 2.24) is 20.6 Å². The number of rotatable bonds is 6. The topological polar surface area (TPSA) is 74.3 Å². The minimum Gasteiger partial charge on any atom is -0.496 e. The van der Waals surface area contributed by atoms with E-state index >= 15 is 0 Å². The molecule has 6 nitrogen and oxygen atoms in total. The minimum absolute atomic E-state index is 0. The van der Waals surface area contributed by atoms with Crippen LogP contribution in [0.25, 0.3) is 11.0 Å². The van der Waals surface area contributed by atoms with Gasteiger partial charge in [-0.25, -0.2) is 4.98 Å². The van der Waals surface area contributed by atoms with Crippen LogP contribution in [0, 0.1) is 6.92 Å². The highest BCUT2D eigenvalue weighted by atomic mass is 127. The van der Waals surface area contributed by atoms with Gasteiger partial charge in [-0.15, -0.1) is 24.0 Å². The third kappa shape index (κ3) is 5.59. The molecule has 27 heavy (non-hydrogen) atoms. The first-order valence-corrected chi connectivity index (χ1v) is 8.71. The monoisotopic (exact) mass is 479 g/mol. The van der Waals surface area contributed by atoms with Crippen LogP contribution in [0.1, 0.15) is 17.0 Å². The quantitative estimate of drug-likeness (QED) is 0.288. The van der Waals surface area contributed by atoms with Crippen LogP contribution in [0.2, 0.25) is 0 Å². The summed E-state index contributed by atoms with van der Waals surface area (Å²) in [7, 11) is 3.46. The van der Waals surface area contributed by atoms with Crippen LogP contribution in [-0.2, 0) is 13.0 Å². The number of methoxy groups -OCH3 is 1. The second kappa shape index (κ2) is 10.1. The molecule has 0 radical (unpaired) electrons. The molecular weight excluding hydrogens is 453 g/mol. The maximum Gasteiger partial charge on any atom is 0.191 e. The molecule has 0 aliphatic carbocycles. The van der Waals surface area contributed by atoms with Crippen molar-refractivity contribution in [3.8, 4) is 5.75 Å². The van der Waals surface area contributed by atoms with E-state index in [0.717, 1.165) is 47.1 Å². The number of aryl methyl sites for hydroxylation is 1. The summed E-state index contributed by atoms with van der Waals surface area (Å²) in [6, 6.07) is 14.2. The van der Waals surface area contributed by atoms with Gasteiger partial charge in [0.15, 0.2) is 5.96 Å². The summed E-state index contributed by atoms with van der Waals surface area (Å²) in [6.45, 7) is 3.44. The number of hydrogen-bond acceptors (Lipinski definition) is 3. The number of aromatic amines is 1. The van der Waals surface area contributed by atoms with Gasteiger partial charge in [0.2, 0.25) is 0 Å². The highest BCUT2D eigenvalue weighted by molar-refractivity contribution is 14.0. The first-order valence-electron chi connectivity index (χ1n) is 8.71. The highest BCUT2D eigenvalue weighted by Crippen LogP contribution is 2.19. The summed E-state index contributed by atoms with van der Waals surface area (Å²) in [5.41, 5.74) is 4.34. The predicted octanol–water partition coefficient (Wildman–Crippen LogP) is 3.41. The van der Waals surface area contributed by atoms with Crippen molar-refractivity contribution in [2.24, 2.45) is 4.99 Å². The number of ether oxygens (including phenoxy) is 1. The molecule has 1 aromatic heterocycles. The first kappa shape index (κ1) is 21.0.